The summed E-state index contributed by atoms with van der Waals surface area (Å²) < 4.78 is 0. The minimum absolute atomic E-state index is 0.0341. The molecule has 0 radical (unpaired) electrons. The molecule has 6 heteroatoms. The van der Waals surface area contributed by atoms with E-state index in [1.165, 1.54) is 0 Å². The number of aliphatic hydroxyl groups excluding tert-OH is 1. The Morgan fingerprint density at radius 2 is 1.96 bits per heavy atom. The summed E-state index contributed by atoms with van der Waals surface area (Å²) in [5, 5.41) is 19.5. The molecule has 0 aliphatic heterocycles. The first-order valence-corrected chi connectivity index (χ1v) is 9.95. The first kappa shape index (κ1) is 20.4. The van der Waals surface area contributed by atoms with E-state index >= 15 is 0 Å². The summed E-state index contributed by atoms with van der Waals surface area (Å²) >= 11 is 1.69. The Labute approximate surface area is 160 Å². The molecular formula is C20H30N4OS. The molecule has 1 atom stereocenters. The maximum Gasteiger partial charge on any atom is 0.191 e. The van der Waals surface area contributed by atoms with Crippen molar-refractivity contribution < 1.29 is 5.11 Å². The van der Waals surface area contributed by atoms with Crippen molar-refractivity contribution in [1.82, 2.24) is 15.6 Å². The van der Waals surface area contributed by atoms with E-state index in [2.05, 4.69) is 46.8 Å². The summed E-state index contributed by atoms with van der Waals surface area (Å²) in [6.45, 7) is 10.6. The molecule has 0 aliphatic carbocycles. The Bertz CT molecular complexity index is 691. The van der Waals surface area contributed by atoms with Gasteiger partial charge in [0, 0.05) is 29.8 Å². The molecule has 1 aromatic heterocycles. The van der Waals surface area contributed by atoms with Crippen molar-refractivity contribution in [2.45, 2.75) is 45.6 Å². The summed E-state index contributed by atoms with van der Waals surface area (Å²) in [5.41, 5.74) is 2.17. The molecule has 0 spiro atoms. The van der Waals surface area contributed by atoms with Crippen LogP contribution in [0.15, 0.2) is 40.7 Å². The summed E-state index contributed by atoms with van der Waals surface area (Å²) in [7, 11) is 0. The molecule has 2 rings (SSSR count). The SMILES string of the molecule is CCNC(=NCc1csc(C(C)(C)C)n1)NCC(CO)c1ccccc1. The van der Waals surface area contributed by atoms with Gasteiger partial charge in [0.15, 0.2) is 5.96 Å². The molecule has 1 heterocycles. The molecule has 2 aromatic rings. The average molecular weight is 375 g/mol. The van der Waals surface area contributed by atoms with Gasteiger partial charge in [-0.2, -0.15) is 0 Å². The van der Waals surface area contributed by atoms with Crippen LogP contribution in [0.2, 0.25) is 0 Å². The molecule has 142 valence electrons. The van der Waals surface area contributed by atoms with E-state index in [0.717, 1.165) is 28.8 Å². The van der Waals surface area contributed by atoms with Crippen LogP contribution in [0.1, 0.15) is 49.9 Å². The number of nitrogens with zero attached hydrogens (tertiary/aromatic N) is 2. The minimum Gasteiger partial charge on any atom is -0.396 e. The maximum absolute atomic E-state index is 9.70. The maximum atomic E-state index is 9.70. The van der Waals surface area contributed by atoms with Gasteiger partial charge >= 0.3 is 0 Å². The lowest BCUT2D eigenvalue weighted by atomic mass is 9.98. The molecule has 0 bridgehead atoms. The van der Waals surface area contributed by atoms with Gasteiger partial charge in [-0.1, -0.05) is 51.1 Å². The fourth-order valence-corrected chi connectivity index (χ4v) is 3.36. The van der Waals surface area contributed by atoms with Gasteiger partial charge in [0.2, 0.25) is 0 Å². The van der Waals surface area contributed by atoms with Gasteiger partial charge in [-0.3, -0.25) is 0 Å². The quantitative estimate of drug-likeness (QED) is 0.514. The minimum atomic E-state index is 0.0341. The predicted octanol–water partition coefficient (Wildman–Crippen LogP) is 3.27. The molecule has 0 fully saturated rings. The van der Waals surface area contributed by atoms with Crippen LogP contribution in [0, 0.1) is 0 Å². The first-order valence-electron chi connectivity index (χ1n) is 9.07. The van der Waals surface area contributed by atoms with Gasteiger partial charge in [0.1, 0.15) is 0 Å². The fourth-order valence-electron chi connectivity index (χ4n) is 2.46. The molecule has 0 saturated heterocycles. The Morgan fingerprint density at radius 1 is 1.23 bits per heavy atom. The summed E-state index contributed by atoms with van der Waals surface area (Å²) in [6.07, 6.45) is 0. The van der Waals surface area contributed by atoms with Crippen molar-refractivity contribution in [3.05, 3.63) is 52.0 Å². The van der Waals surface area contributed by atoms with Crippen LogP contribution >= 0.6 is 11.3 Å². The molecule has 0 amide bonds. The van der Waals surface area contributed by atoms with Crippen LogP contribution in [-0.2, 0) is 12.0 Å². The predicted molar refractivity (Wildman–Crippen MR) is 110 cm³/mol. The van der Waals surface area contributed by atoms with E-state index in [1.807, 2.05) is 37.3 Å². The molecule has 1 aromatic carbocycles. The van der Waals surface area contributed by atoms with Gasteiger partial charge in [0.25, 0.3) is 0 Å². The number of rotatable bonds is 7. The number of guanidine groups is 1. The zero-order valence-corrected chi connectivity index (χ0v) is 16.9. The lowest BCUT2D eigenvalue weighted by Crippen LogP contribution is -2.39. The third kappa shape index (κ3) is 6.11. The lowest BCUT2D eigenvalue weighted by molar-refractivity contribution is 0.265. The van der Waals surface area contributed by atoms with Crippen LogP contribution in [0.25, 0.3) is 0 Å². The number of aromatic nitrogens is 1. The monoisotopic (exact) mass is 374 g/mol. The summed E-state index contributed by atoms with van der Waals surface area (Å²) in [5.74, 6) is 0.777. The van der Waals surface area contributed by atoms with Crippen LogP contribution < -0.4 is 10.6 Å². The summed E-state index contributed by atoms with van der Waals surface area (Å²) in [6, 6.07) is 10.0. The molecule has 5 nitrogen and oxygen atoms in total. The smallest absolute Gasteiger partial charge is 0.191 e. The number of aliphatic imine (C=N–C) groups is 1. The Hall–Kier alpha value is -1.92. The van der Waals surface area contributed by atoms with Gasteiger partial charge in [-0.25, -0.2) is 9.98 Å². The number of benzene rings is 1. The van der Waals surface area contributed by atoms with E-state index in [1.54, 1.807) is 11.3 Å². The van der Waals surface area contributed by atoms with Gasteiger partial charge < -0.3 is 15.7 Å². The Balaban J connectivity index is 1.99. The van der Waals surface area contributed by atoms with Crippen LogP contribution in [0.4, 0.5) is 0 Å². The average Bonchev–Trinajstić information content (AvgIpc) is 3.10. The molecule has 0 aliphatic rings. The summed E-state index contributed by atoms with van der Waals surface area (Å²) in [4.78, 5) is 9.32. The standard InChI is InChI=1S/C20H30N4OS/c1-5-21-19(22-11-16(13-25)15-9-7-6-8-10-15)23-12-17-14-26-18(24-17)20(2,3)4/h6-10,14,16,25H,5,11-13H2,1-4H3,(H2,21,22,23). The molecule has 0 saturated carbocycles. The largest absolute Gasteiger partial charge is 0.396 e. The van der Waals surface area contributed by atoms with Crippen molar-refractivity contribution in [2.75, 3.05) is 19.7 Å². The van der Waals surface area contributed by atoms with Crippen LogP contribution in [0.3, 0.4) is 0 Å². The number of aliphatic hydroxyl groups is 1. The fraction of sp³-hybridized carbons (Fsp3) is 0.500. The Kier molecular flexibility index (Phi) is 7.60. The number of thiazole rings is 1. The zero-order valence-electron chi connectivity index (χ0n) is 16.1. The molecule has 3 N–H and O–H groups in total. The van der Waals surface area contributed by atoms with Crippen molar-refractivity contribution in [3.63, 3.8) is 0 Å². The highest BCUT2D eigenvalue weighted by Crippen LogP contribution is 2.25. The Morgan fingerprint density at radius 3 is 2.54 bits per heavy atom. The molecule has 1 unspecified atom stereocenters. The normalized spacial score (nSPS) is 13.5. The van der Waals surface area contributed by atoms with Crippen molar-refractivity contribution in [3.8, 4) is 0 Å². The van der Waals surface area contributed by atoms with E-state index < -0.39 is 0 Å². The highest BCUT2D eigenvalue weighted by molar-refractivity contribution is 7.09. The number of hydrogen-bond acceptors (Lipinski definition) is 4. The van der Waals surface area contributed by atoms with Crippen molar-refractivity contribution in [2.24, 2.45) is 4.99 Å². The molecule has 26 heavy (non-hydrogen) atoms. The second-order valence-electron chi connectivity index (χ2n) is 7.26. The molecular weight excluding hydrogens is 344 g/mol. The van der Waals surface area contributed by atoms with Gasteiger partial charge in [0.05, 0.1) is 23.9 Å². The van der Waals surface area contributed by atoms with Gasteiger partial charge in [-0.15, -0.1) is 11.3 Å². The second-order valence-corrected chi connectivity index (χ2v) is 8.12. The van der Waals surface area contributed by atoms with E-state index in [0.29, 0.717) is 13.1 Å². The third-order valence-corrected chi connectivity index (χ3v) is 5.26. The van der Waals surface area contributed by atoms with Crippen molar-refractivity contribution >= 4 is 17.3 Å². The number of nitrogens with one attached hydrogen (secondary N) is 2. The van der Waals surface area contributed by atoms with E-state index in [4.69, 9.17) is 0 Å². The van der Waals surface area contributed by atoms with Gasteiger partial charge in [-0.05, 0) is 12.5 Å². The topological polar surface area (TPSA) is 69.5 Å². The van der Waals surface area contributed by atoms with Crippen LogP contribution in [0.5, 0.6) is 0 Å². The van der Waals surface area contributed by atoms with E-state index in [-0.39, 0.29) is 17.9 Å². The van der Waals surface area contributed by atoms with Crippen molar-refractivity contribution in [1.29, 1.82) is 0 Å². The van der Waals surface area contributed by atoms with Crippen LogP contribution in [-0.4, -0.2) is 35.7 Å². The highest BCUT2D eigenvalue weighted by Gasteiger charge is 2.18. The first-order chi connectivity index (χ1) is 12.4. The zero-order chi connectivity index (χ0) is 19.0. The highest BCUT2D eigenvalue weighted by atomic mass is 32.1. The number of hydrogen-bond donors (Lipinski definition) is 3. The third-order valence-electron chi connectivity index (χ3n) is 3.94. The second kappa shape index (κ2) is 9.69. The lowest BCUT2D eigenvalue weighted by Gasteiger charge is -2.18. The van der Waals surface area contributed by atoms with E-state index in [9.17, 15) is 5.11 Å².